The second-order valence-electron chi connectivity index (χ2n) is 7.88. The smallest absolute Gasteiger partial charge is 0.294 e. The van der Waals surface area contributed by atoms with Gasteiger partial charge in [0, 0.05) is 31.1 Å². The number of aryl methyl sites for hydroxylation is 1. The van der Waals surface area contributed by atoms with E-state index in [0.717, 1.165) is 17.0 Å². The summed E-state index contributed by atoms with van der Waals surface area (Å²) in [6, 6.07) is 5.12. The highest BCUT2D eigenvalue weighted by Crippen LogP contribution is 2.38. The molecule has 2 aliphatic heterocycles. The third-order valence-electron chi connectivity index (χ3n) is 5.72. The first kappa shape index (κ1) is 20.3. The van der Waals surface area contributed by atoms with Gasteiger partial charge in [0.2, 0.25) is 0 Å². The monoisotopic (exact) mass is 451 g/mol. The Hall–Kier alpha value is -2.66. The molecule has 6 atom stereocenters. The van der Waals surface area contributed by atoms with E-state index < -0.39 is 36.7 Å². The molecule has 3 aromatic rings. The Kier molecular flexibility index (Phi) is 5.09. The van der Waals surface area contributed by atoms with Crippen molar-refractivity contribution < 1.29 is 23.0 Å². The van der Waals surface area contributed by atoms with Crippen molar-refractivity contribution in [1.82, 2.24) is 25.3 Å². The Morgan fingerprint density at radius 1 is 1.16 bits per heavy atom. The van der Waals surface area contributed by atoms with Crippen LogP contribution in [-0.2, 0) is 0 Å². The molecule has 31 heavy (non-hydrogen) atoms. The van der Waals surface area contributed by atoms with Crippen molar-refractivity contribution >= 4 is 11.3 Å². The van der Waals surface area contributed by atoms with Crippen LogP contribution in [0.25, 0.3) is 16.3 Å². The van der Waals surface area contributed by atoms with E-state index in [4.69, 9.17) is 4.74 Å². The number of hydrogen-bond acceptors (Lipinski definition) is 7. The molecule has 2 aromatic heterocycles. The minimum absolute atomic E-state index is 0.0198. The summed E-state index contributed by atoms with van der Waals surface area (Å²) < 4.78 is 50.1. The predicted octanol–water partition coefficient (Wildman–Crippen LogP) is 3.30. The Labute approximate surface area is 179 Å². The van der Waals surface area contributed by atoms with Crippen molar-refractivity contribution in [3.05, 3.63) is 36.2 Å². The second kappa shape index (κ2) is 7.79. The van der Waals surface area contributed by atoms with Crippen molar-refractivity contribution in [2.24, 2.45) is 0 Å². The summed E-state index contributed by atoms with van der Waals surface area (Å²) >= 11 is 1.03. The number of aromatic hydroxyl groups is 1. The highest BCUT2D eigenvalue weighted by molar-refractivity contribution is 7.16. The average Bonchev–Trinajstić information content (AvgIpc) is 3.37. The van der Waals surface area contributed by atoms with Gasteiger partial charge in [0.1, 0.15) is 24.2 Å². The first-order valence-electron chi connectivity index (χ1n) is 9.93. The first-order chi connectivity index (χ1) is 14.9. The van der Waals surface area contributed by atoms with Gasteiger partial charge >= 0.3 is 0 Å². The molecular formula is C20H20F3N5O2S. The molecule has 2 aliphatic rings. The number of fused-ring (bicyclic) bond motifs is 2. The fourth-order valence-electron chi connectivity index (χ4n) is 4.11. The van der Waals surface area contributed by atoms with Crippen LogP contribution in [0, 0.1) is 6.92 Å². The molecule has 2 saturated heterocycles. The SMILES string of the molecule is Cc1ccn(-c2ccc(-c3nnc(OC4CC5NC(C(F)CC5F)C4F)s3)c(O)c2)n1. The molecule has 6 unspecified atom stereocenters. The molecule has 0 amide bonds. The van der Waals surface area contributed by atoms with Crippen LogP contribution in [0.15, 0.2) is 30.5 Å². The summed E-state index contributed by atoms with van der Waals surface area (Å²) in [6.07, 6.45) is -4.08. The molecule has 164 valence electrons. The molecule has 0 saturated carbocycles. The topological polar surface area (TPSA) is 85.1 Å². The molecule has 7 nitrogen and oxygen atoms in total. The van der Waals surface area contributed by atoms with Crippen molar-refractivity contribution in [3.63, 3.8) is 0 Å². The van der Waals surface area contributed by atoms with Crippen molar-refractivity contribution in [2.45, 2.75) is 56.5 Å². The van der Waals surface area contributed by atoms with E-state index in [0.29, 0.717) is 16.3 Å². The lowest BCUT2D eigenvalue weighted by Crippen LogP contribution is -2.66. The van der Waals surface area contributed by atoms with Gasteiger partial charge in [0.25, 0.3) is 5.19 Å². The molecule has 0 spiro atoms. The van der Waals surface area contributed by atoms with Crippen LogP contribution in [0.1, 0.15) is 18.5 Å². The van der Waals surface area contributed by atoms with Gasteiger partial charge in [0.15, 0.2) is 11.2 Å². The molecule has 2 bridgehead atoms. The maximum absolute atomic E-state index is 14.7. The zero-order chi connectivity index (χ0) is 21.7. The van der Waals surface area contributed by atoms with Crippen LogP contribution < -0.4 is 10.1 Å². The number of rotatable bonds is 4. The average molecular weight is 451 g/mol. The lowest BCUT2D eigenvalue weighted by Gasteiger charge is -2.45. The zero-order valence-electron chi connectivity index (χ0n) is 16.5. The summed E-state index contributed by atoms with van der Waals surface area (Å²) in [5.41, 5.74) is 1.96. The number of phenolic OH excluding ortho intramolecular Hbond substituents is 1. The predicted molar refractivity (Wildman–Crippen MR) is 108 cm³/mol. The Bertz CT molecular complexity index is 1090. The maximum Gasteiger partial charge on any atom is 0.294 e. The summed E-state index contributed by atoms with van der Waals surface area (Å²) in [6.45, 7) is 1.87. The third-order valence-corrected chi connectivity index (χ3v) is 6.57. The number of nitrogens with one attached hydrogen (secondary N) is 1. The van der Waals surface area contributed by atoms with Gasteiger partial charge in [-0.25, -0.2) is 17.9 Å². The minimum atomic E-state index is -1.63. The number of alkyl halides is 3. The zero-order valence-corrected chi connectivity index (χ0v) is 17.3. The van der Waals surface area contributed by atoms with Crippen LogP contribution in [0.4, 0.5) is 13.2 Å². The van der Waals surface area contributed by atoms with Crippen LogP contribution in [0.2, 0.25) is 0 Å². The molecule has 1 aromatic carbocycles. The molecule has 2 fully saturated rings. The number of hydrogen-bond donors (Lipinski definition) is 2. The van der Waals surface area contributed by atoms with E-state index in [2.05, 4.69) is 20.6 Å². The van der Waals surface area contributed by atoms with Crippen LogP contribution in [0.5, 0.6) is 10.9 Å². The minimum Gasteiger partial charge on any atom is -0.507 e. The van der Waals surface area contributed by atoms with Gasteiger partial charge in [0.05, 0.1) is 23.0 Å². The summed E-state index contributed by atoms with van der Waals surface area (Å²) in [5.74, 6) is -0.0198. The molecule has 0 aliphatic carbocycles. The Morgan fingerprint density at radius 3 is 2.74 bits per heavy atom. The van der Waals surface area contributed by atoms with Crippen molar-refractivity contribution in [2.75, 3.05) is 0 Å². The summed E-state index contributed by atoms with van der Waals surface area (Å²) in [7, 11) is 0. The first-order valence-corrected chi connectivity index (χ1v) is 10.7. The quantitative estimate of drug-likeness (QED) is 0.633. The molecular weight excluding hydrogens is 431 g/mol. The highest BCUT2D eigenvalue weighted by Gasteiger charge is 2.50. The summed E-state index contributed by atoms with van der Waals surface area (Å²) in [4.78, 5) is 0. The van der Waals surface area contributed by atoms with Crippen LogP contribution >= 0.6 is 11.3 Å². The Balaban J connectivity index is 1.33. The van der Waals surface area contributed by atoms with Crippen molar-refractivity contribution in [1.29, 1.82) is 0 Å². The highest BCUT2D eigenvalue weighted by atomic mass is 32.1. The van der Waals surface area contributed by atoms with Crippen LogP contribution in [-0.4, -0.2) is 61.8 Å². The molecule has 2 N–H and O–H groups in total. The van der Waals surface area contributed by atoms with Gasteiger partial charge in [-0.1, -0.05) is 16.4 Å². The van der Waals surface area contributed by atoms with E-state index >= 15 is 0 Å². The number of nitrogens with zero attached hydrogens (tertiary/aromatic N) is 4. The number of ether oxygens (including phenoxy) is 1. The molecule has 4 heterocycles. The van der Waals surface area contributed by atoms with E-state index in [1.54, 1.807) is 29.1 Å². The van der Waals surface area contributed by atoms with Gasteiger partial charge in [-0.2, -0.15) is 5.10 Å². The number of phenols is 1. The second-order valence-corrected chi connectivity index (χ2v) is 8.82. The van der Waals surface area contributed by atoms with Crippen LogP contribution in [0.3, 0.4) is 0 Å². The standard InChI is InChI=1S/C20H20F3N5O2S/c1-9-4-5-28(27-9)10-2-3-11(15(29)6-10)19-25-26-20(31-19)30-16-8-14-12(21)7-13(22)18(24-14)17(16)23/h2-6,12-14,16-18,24,29H,7-8H2,1H3. The van der Waals surface area contributed by atoms with E-state index in [1.165, 1.54) is 0 Å². The molecule has 0 radical (unpaired) electrons. The Morgan fingerprint density at radius 2 is 2.00 bits per heavy atom. The fourth-order valence-corrected chi connectivity index (χ4v) is 4.89. The molecule has 11 heteroatoms. The number of piperidine rings is 2. The third kappa shape index (κ3) is 3.76. The van der Waals surface area contributed by atoms with Gasteiger partial charge in [-0.05, 0) is 25.1 Å². The van der Waals surface area contributed by atoms with Crippen molar-refractivity contribution in [3.8, 4) is 27.2 Å². The van der Waals surface area contributed by atoms with E-state index in [1.807, 2.05) is 13.0 Å². The number of aromatic nitrogens is 4. The lowest BCUT2D eigenvalue weighted by molar-refractivity contribution is -0.0461. The fraction of sp³-hybridized carbons (Fsp3) is 0.450. The van der Waals surface area contributed by atoms with Gasteiger partial charge in [-0.3, -0.25) is 0 Å². The molecule has 5 rings (SSSR count). The largest absolute Gasteiger partial charge is 0.507 e. The summed E-state index contributed by atoms with van der Waals surface area (Å²) in [5, 5.41) is 25.9. The van der Waals surface area contributed by atoms with Gasteiger partial charge in [-0.15, -0.1) is 5.10 Å². The lowest BCUT2D eigenvalue weighted by atomic mass is 9.82. The van der Waals surface area contributed by atoms with Gasteiger partial charge < -0.3 is 15.2 Å². The number of benzene rings is 1. The normalized spacial score (nSPS) is 30.3. The maximum atomic E-state index is 14.7. The number of halogens is 3. The van der Waals surface area contributed by atoms with E-state index in [-0.39, 0.29) is 23.8 Å². The van der Waals surface area contributed by atoms with E-state index in [9.17, 15) is 18.3 Å².